The molecule has 0 heterocycles. The molecule has 0 amide bonds. The minimum Gasteiger partial charge on any atom is -0.465 e. The fourth-order valence-electron chi connectivity index (χ4n) is 2.40. The highest BCUT2D eigenvalue weighted by Crippen LogP contribution is 2.41. The molecule has 0 aromatic heterocycles. The Kier molecular flexibility index (Phi) is 7.15. The topological polar surface area (TPSA) is 26.3 Å². The maximum Gasteiger partial charge on any atom is 0.337 e. The van der Waals surface area contributed by atoms with E-state index >= 15 is 0 Å². The first kappa shape index (κ1) is 19.7. The van der Waals surface area contributed by atoms with Gasteiger partial charge in [-0.1, -0.05) is 60.3 Å². The molecule has 0 spiro atoms. The fraction of sp³-hybridized carbons (Fsp3) is 0.632. The first-order valence-electron chi connectivity index (χ1n) is 7.55. The summed E-state index contributed by atoms with van der Waals surface area (Å²) in [5, 5.41) is 0. The molecule has 0 radical (unpaired) electrons. The van der Waals surface area contributed by atoms with Gasteiger partial charge >= 0.3 is 5.97 Å². The van der Waals surface area contributed by atoms with Crippen LogP contribution >= 0.6 is 0 Å². The van der Waals surface area contributed by atoms with Gasteiger partial charge in [0.15, 0.2) is 0 Å². The second kappa shape index (κ2) is 7.63. The Hall–Kier alpha value is -1.31. The van der Waals surface area contributed by atoms with Crippen LogP contribution in [0.2, 0.25) is 0 Å². The van der Waals surface area contributed by atoms with Gasteiger partial charge < -0.3 is 4.74 Å². The van der Waals surface area contributed by atoms with Crippen molar-refractivity contribution in [2.45, 2.75) is 54.9 Å². The van der Waals surface area contributed by atoms with E-state index in [1.165, 1.54) is 7.11 Å². The molecule has 1 atom stereocenters. The van der Waals surface area contributed by atoms with Crippen molar-refractivity contribution in [1.29, 1.82) is 0 Å². The zero-order valence-corrected chi connectivity index (χ0v) is 15.0. The van der Waals surface area contributed by atoms with E-state index in [0.29, 0.717) is 11.5 Å². The predicted octanol–water partition coefficient (Wildman–Crippen LogP) is 5.32. The Morgan fingerprint density at radius 3 is 2.00 bits per heavy atom. The van der Waals surface area contributed by atoms with Crippen molar-refractivity contribution in [3.8, 4) is 0 Å². The maximum absolute atomic E-state index is 11.8. The number of ether oxygens (including phenoxy) is 1. The molecule has 21 heavy (non-hydrogen) atoms. The average molecular weight is 292 g/mol. The molecule has 0 aromatic rings. The lowest BCUT2D eigenvalue weighted by molar-refractivity contribution is -0.135. The number of esters is 1. The van der Waals surface area contributed by atoms with E-state index in [4.69, 9.17) is 4.74 Å². The highest BCUT2D eigenvalue weighted by molar-refractivity contribution is 5.91. The van der Waals surface area contributed by atoms with Crippen LogP contribution in [-0.2, 0) is 9.53 Å². The molecule has 0 bridgehead atoms. The van der Waals surface area contributed by atoms with Crippen molar-refractivity contribution < 1.29 is 9.53 Å². The standard InChI is InChI=1S/C19H32O2/c1-10-14(12-15(11-2)17(20)21-9)16(19(6,7)8)13-18(3,4)5/h10-12,16H,1,13H2,2-9H3. The van der Waals surface area contributed by atoms with Crippen LogP contribution in [0.15, 0.2) is 36.0 Å². The van der Waals surface area contributed by atoms with Crippen molar-refractivity contribution in [2.24, 2.45) is 16.7 Å². The summed E-state index contributed by atoms with van der Waals surface area (Å²) >= 11 is 0. The number of rotatable bonds is 5. The first-order chi connectivity index (χ1) is 9.46. The van der Waals surface area contributed by atoms with Crippen LogP contribution in [0.25, 0.3) is 0 Å². The van der Waals surface area contributed by atoms with E-state index in [9.17, 15) is 4.79 Å². The Morgan fingerprint density at radius 2 is 1.71 bits per heavy atom. The van der Waals surface area contributed by atoms with Crippen LogP contribution < -0.4 is 0 Å². The summed E-state index contributed by atoms with van der Waals surface area (Å²) in [5.41, 5.74) is 1.98. The molecule has 1 unspecified atom stereocenters. The van der Waals surface area contributed by atoms with E-state index in [0.717, 1.165) is 12.0 Å². The molecule has 0 aromatic carbocycles. The van der Waals surface area contributed by atoms with Gasteiger partial charge in [0.25, 0.3) is 0 Å². The number of carbonyl (C=O) groups is 1. The molecule has 0 aliphatic rings. The van der Waals surface area contributed by atoms with Gasteiger partial charge in [0.1, 0.15) is 0 Å². The van der Waals surface area contributed by atoms with E-state index in [1.54, 1.807) is 6.08 Å². The summed E-state index contributed by atoms with van der Waals surface area (Å²) in [6.45, 7) is 19.2. The molecule has 120 valence electrons. The molecule has 0 aliphatic heterocycles. The number of hydrogen-bond donors (Lipinski definition) is 0. The Labute approximate surface area is 131 Å². The monoisotopic (exact) mass is 292 g/mol. The molecule has 2 heteroatoms. The molecule has 2 nitrogen and oxygen atoms in total. The minimum atomic E-state index is -0.305. The third-order valence-electron chi connectivity index (χ3n) is 3.55. The van der Waals surface area contributed by atoms with Gasteiger partial charge in [0.05, 0.1) is 12.7 Å². The average Bonchev–Trinajstić information content (AvgIpc) is 2.35. The third-order valence-corrected chi connectivity index (χ3v) is 3.55. The van der Waals surface area contributed by atoms with Crippen LogP contribution in [0.1, 0.15) is 54.9 Å². The van der Waals surface area contributed by atoms with Gasteiger partial charge in [-0.3, -0.25) is 0 Å². The van der Waals surface area contributed by atoms with Crippen LogP contribution in [0.4, 0.5) is 0 Å². The summed E-state index contributed by atoms with van der Waals surface area (Å²) in [7, 11) is 1.41. The lowest BCUT2D eigenvalue weighted by atomic mass is 9.68. The van der Waals surface area contributed by atoms with Gasteiger partial charge in [0.2, 0.25) is 0 Å². The van der Waals surface area contributed by atoms with E-state index in [1.807, 2.05) is 19.1 Å². The highest BCUT2D eigenvalue weighted by Gasteiger charge is 2.31. The molecule has 0 N–H and O–H groups in total. The van der Waals surface area contributed by atoms with Crippen molar-refractivity contribution >= 4 is 5.97 Å². The van der Waals surface area contributed by atoms with Crippen LogP contribution in [0.5, 0.6) is 0 Å². The second-order valence-electron chi connectivity index (χ2n) is 7.77. The lowest BCUT2D eigenvalue weighted by Gasteiger charge is -2.36. The third kappa shape index (κ3) is 6.79. The van der Waals surface area contributed by atoms with Crippen LogP contribution in [-0.4, -0.2) is 13.1 Å². The van der Waals surface area contributed by atoms with E-state index < -0.39 is 0 Å². The first-order valence-corrected chi connectivity index (χ1v) is 7.55. The SMILES string of the molecule is C=CC(=CC(=CC)C(=O)OC)C(CC(C)(C)C)C(C)(C)C. The predicted molar refractivity (Wildman–Crippen MR) is 91.1 cm³/mol. The Balaban J connectivity index is 5.72. The van der Waals surface area contributed by atoms with Crippen molar-refractivity contribution in [3.63, 3.8) is 0 Å². The quantitative estimate of drug-likeness (QED) is 0.389. The molecule has 0 rings (SSSR count). The normalized spacial score (nSPS) is 15.6. The van der Waals surface area contributed by atoms with Gasteiger partial charge in [-0.2, -0.15) is 0 Å². The second-order valence-corrected chi connectivity index (χ2v) is 7.77. The lowest BCUT2D eigenvalue weighted by Crippen LogP contribution is -2.27. The van der Waals surface area contributed by atoms with Gasteiger partial charge in [-0.15, -0.1) is 0 Å². The number of hydrogen-bond acceptors (Lipinski definition) is 2. The summed E-state index contributed by atoms with van der Waals surface area (Å²) in [6, 6.07) is 0. The molecule has 0 fully saturated rings. The van der Waals surface area contributed by atoms with Gasteiger partial charge in [-0.05, 0) is 41.7 Å². The highest BCUT2D eigenvalue weighted by atomic mass is 16.5. The van der Waals surface area contributed by atoms with Crippen LogP contribution in [0, 0.1) is 16.7 Å². The van der Waals surface area contributed by atoms with Crippen LogP contribution in [0.3, 0.4) is 0 Å². The largest absolute Gasteiger partial charge is 0.465 e. The fourth-order valence-corrected chi connectivity index (χ4v) is 2.40. The zero-order valence-electron chi connectivity index (χ0n) is 15.0. The molecule has 0 saturated heterocycles. The summed E-state index contributed by atoms with van der Waals surface area (Å²) < 4.78 is 4.83. The molecule has 0 aliphatic carbocycles. The van der Waals surface area contributed by atoms with E-state index in [-0.39, 0.29) is 16.8 Å². The summed E-state index contributed by atoms with van der Waals surface area (Å²) in [5.74, 6) is 0.0230. The Bertz CT molecular complexity index is 425. The number of allylic oxidation sites excluding steroid dienone is 3. The number of methoxy groups -OCH3 is 1. The van der Waals surface area contributed by atoms with Gasteiger partial charge in [-0.25, -0.2) is 4.79 Å². The number of carbonyl (C=O) groups excluding carboxylic acids is 1. The van der Waals surface area contributed by atoms with Crippen molar-refractivity contribution in [2.75, 3.05) is 7.11 Å². The van der Waals surface area contributed by atoms with Gasteiger partial charge in [0, 0.05) is 0 Å². The smallest absolute Gasteiger partial charge is 0.337 e. The van der Waals surface area contributed by atoms with Crippen molar-refractivity contribution in [1.82, 2.24) is 0 Å². The minimum absolute atomic E-state index is 0.0995. The van der Waals surface area contributed by atoms with E-state index in [2.05, 4.69) is 48.1 Å². The summed E-state index contributed by atoms with van der Waals surface area (Å²) in [6.07, 6.45) is 6.60. The molecular weight excluding hydrogens is 260 g/mol. The zero-order chi connectivity index (χ0) is 16.8. The maximum atomic E-state index is 11.8. The molecule has 0 saturated carbocycles. The van der Waals surface area contributed by atoms with Crippen molar-refractivity contribution in [3.05, 3.63) is 36.0 Å². The Morgan fingerprint density at radius 1 is 1.19 bits per heavy atom. The molecular formula is C19H32O2. The summed E-state index contributed by atoms with van der Waals surface area (Å²) in [4.78, 5) is 11.8.